The first-order chi connectivity index (χ1) is 18.3. The summed E-state index contributed by atoms with van der Waals surface area (Å²) < 4.78 is 45.4. The number of pyridine rings is 1. The van der Waals surface area contributed by atoms with Gasteiger partial charge in [-0.1, -0.05) is 17.7 Å². The molecule has 0 spiro atoms. The van der Waals surface area contributed by atoms with Crippen molar-refractivity contribution < 1.29 is 22.0 Å². The smallest absolute Gasteiger partial charge is 0.285 e. The van der Waals surface area contributed by atoms with Gasteiger partial charge < -0.3 is 9.73 Å². The monoisotopic (exact) mass is 568 g/mol. The summed E-state index contributed by atoms with van der Waals surface area (Å²) in [6.45, 7) is 5.08. The number of hydrogen-bond donors (Lipinski definition) is 2. The van der Waals surface area contributed by atoms with Crippen LogP contribution in [0.15, 0.2) is 51.7 Å². The third-order valence-corrected chi connectivity index (χ3v) is 6.70. The van der Waals surface area contributed by atoms with Crippen LogP contribution < -0.4 is 15.5 Å². The molecule has 4 rings (SSSR count). The maximum atomic E-state index is 14.1. The summed E-state index contributed by atoms with van der Waals surface area (Å²) >= 11 is 5.96. The van der Waals surface area contributed by atoms with Crippen LogP contribution in [0.25, 0.3) is 22.3 Å². The molecular weight excluding hydrogens is 547 g/mol. The molecule has 2 aromatic heterocycles. The van der Waals surface area contributed by atoms with Crippen molar-refractivity contribution in [1.29, 1.82) is 5.26 Å². The molecule has 12 heteroatoms. The van der Waals surface area contributed by atoms with Gasteiger partial charge in [0.25, 0.3) is 5.91 Å². The fourth-order valence-corrected chi connectivity index (χ4v) is 4.78. The number of hydrogen-bond acceptors (Lipinski definition) is 8. The lowest BCUT2D eigenvalue weighted by atomic mass is 9.97. The largest absolute Gasteiger partial charge is 0.455 e. The van der Waals surface area contributed by atoms with E-state index in [1.54, 1.807) is 32.9 Å². The number of nitriles is 1. The van der Waals surface area contributed by atoms with Gasteiger partial charge in [-0.15, -0.1) is 0 Å². The highest BCUT2D eigenvalue weighted by Crippen LogP contribution is 2.34. The molecule has 9 nitrogen and oxygen atoms in total. The van der Waals surface area contributed by atoms with E-state index in [0.717, 1.165) is 24.0 Å². The van der Waals surface area contributed by atoms with Crippen LogP contribution in [0.4, 0.5) is 10.1 Å². The molecule has 0 bridgehead atoms. The molecule has 200 valence electrons. The fraction of sp³-hybridized carbons (Fsp3) is 0.185. The Balaban J connectivity index is 1.89. The number of fused-ring (bicyclic) bond motifs is 1. The first-order valence-corrected chi connectivity index (χ1v) is 13.8. The second-order valence-corrected chi connectivity index (χ2v) is 11.2. The molecule has 0 saturated carbocycles. The zero-order valence-corrected chi connectivity index (χ0v) is 22.8. The van der Waals surface area contributed by atoms with Crippen molar-refractivity contribution in [1.82, 2.24) is 9.71 Å². The van der Waals surface area contributed by atoms with Crippen LogP contribution in [0.3, 0.4) is 0 Å². The second kappa shape index (κ2) is 10.5. The fourth-order valence-electron chi connectivity index (χ4n) is 4.20. The number of nitrogens with one attached hydrogen (secondary N) is 2. The Morgan fingerprint density at radius 2 is 1.90 bits per heavy atom. The summed E-state index contributed by atoms with van der Waals surface area (Å²) in [5.41, 5.74) is 1.52. The first kappa shape index (κ1) is 27.8. The molecule has 0 aliphatic carbocycles. The Morgan fingerprint density at radius 3 is 2.56 bits per heavy atom. The number of aromatic nitrogens is 1. The molecule has 1 unspecified atom stereocenters. The highest BCUT2D eigenvalue weighted by atomic mass is 35.5. The van der Waals surface area contributed by atoms with Crippen LogP contribution in [0.2, 0.25) is 5.15 Å². The van der Waals surface area contributed by atoms with E-state index in [4.69, 9.17) is 16.0 Å². The van der Waals surface area contributed by atoms with Crippen molar-refractivity contribution in [3.8, 4) is 17.4 Å². The number of benzene rings is 2. The molecule has 39 heavy (non-hydrogen) atoms. The van der Waals surface area contributed by atoms with Crippen molar-refractivity contribution in [2.45, 2.75) is 26.8 Å². The van der Waals surface area contributed by atoms with Crippen LogP contribution in [-0.4, -0.2) is 25.6 Å². The Labute approximate surface area is 228 Å². The number of rotatable bonds is 6. The summed E-state index contributed by atoms with van der Waals surface area (Å²) in [4.78, 5) is 30.0. The quantitative estimate of drug-likeness (QED) is 0.309. The Kier molecular flexibility index (Phi) is 7.46. The molecule has 2 heterocycles. The summed E-state index contributed by atoms with van der Waals surface area (Å²) in [6, 6.07) is 11.3. The van der Waals surface area contributed by atoms with E-state index in [-0.39, 0.29) is 55.4 Å². The molecule has 2 aromatic carbocycles. The number of aryl methyl sites for hydroxylation is 1. The molecule has 1 atom stereocenters. The van der Waals surface area contributed by atoms with Gasteiger partial charge in [-0.3, -0.25) is 9.59 Å². The van der Waals surface area contributed by atoms with E-state index in [0.29, 0.717) is 5.56 Å². The molecule has 0 aliphatic heterocycles. The molecule has 0 aliphatic rings. The number of sulfonamides is 1. The van der Waals surface area contributed by atoms with Gasteiger partial charge in [0.2, 0.25) is 10.0 Å². The molecule has 0 radical (unpaired) electrons. The van der Waals surface area contributed by atoms with Gasteiger partial charge >= 0.3 is 0 Å². The molecule has 0 fully saturated rings. The number of halogens is 2. The van der Waals surface area contributed by atoms with Crippen LogP contribution >= 0.6 is 11.6 Å². The van der Waals surface area contributed by atoms with Crippen molar-refractivity contribution in [2.75, 3.05) is 11.6 Å². The van der Waals surface area contributed by atoms with Gasteiger partial charge in [-0.2, -0.15) is 5.26 Å². The predicted molar refractivity (Wildman–Crippen MR) is 146 cm³/mol. The maximum absolute atomic E-state index is 14.1. The molecule has 2 N–H and O–H groups in total. The van der Waals surface area contributed by atoms with Gasteiger partial charge in [0.05, 0.1) is 35.0 Å². The van der Waals surface area contributed by atoms with E-state index in [9.17, 15) is 27.7 Å². The van der Waals surface area contributed by atoms with Gasteiger partial charge in [-0.05, 0) is 62.7 Å². The summed E-state index contributed by atoms with van der Waals surface area (Å²) in [5.74, 6) is -1.52. The van der Waals surface area contributed by atoms with Crippen LogP contribution in [0.5, 0.6) is 0 Å². The number of anilines is 1. The number of carbonyl (C=O) groups excluding carboxylic acids is 1. The number of carbonyl (C=O) groups is 1. The first-order valence-electron chi connectivity index (χ1n) is 11.5. The van der Waals surface area contributed by atoms with Crippen LogP contribution in [0.1, 0.15) is 45.7 Å². The molecule has 1 amide bonds. The summed E-state index contributed by atoms with van der Waals surface area (Å²) in [7, 11) is -3.87. The normalized spacial score (nSPS) is 12.1. The van der Waals surface area contributed by atoms with Crippen LogP contribution in [-0.2, 0) is 10.0 Å². The summed E-state index contributed by atoms with van der Waals surface area (Å²) in [6.07, 6.45) is 0.835. The third kappa shape index (κ3) is 5.77. The lowest BCUT2D eigenvalue weighted by Crippen LogP contribution is -2.31. The van der Waals surface area contributed by atoms with E-state index < -0.39 is 27.8 Å². The van der Waals surface area contributed by atoms with Crippen molar-refractivity contribution >= 4 is 44.2 Å². The number of nitrogens with zero attached hydrogens (tertiary/aromatic N) is 2. The standard InChI is InChI=1S/C27H22ClFN4O5S/c1-13-9-18(15(3)31-21-7-8-22(28)32-23(21)27(35)33-39(4,36)37)26-20(10-13)24(34)14(2)25(38-26)19-11-17(29)6-5-16(19)12-30/h5-11,15,31H,1-4H3,(H,33,35). The maximum Gasteiger partial charge on any atom is 0.285 e. The van der Waals surface area contributed by atoms with Crippen molar-refractivity contribution in [3.63, 3.8) is 0 Å². The predicted octanol–water partition coefficient (Wildman–Crippen LogP) is 5.00. The lowest BCUT2D eigenvalue weighted by molar-refractivity contribution is 0.0977. The highest BCUT2D eigenvalue weighted by Gasteiger charge is 2.23. The average Bonchev–Trinajstić information content (AvgIpc) is 2.86. The number of amides is 1. The zero-order valence-electron chi connectivity index (χ0n) is 21.2. The Hall–Kier alpha value is -4.27. The van der Waals surface area contributed by atoms with E-state index >= 15 is 0 Å². The van der Waals surface area contributed by atoms with E-state index in [1.807, 2.05) is 10.8 Å². The second-order valence-electron chi connectivity index (χ2n) is 9.02. The van der Waals surface area contributed by atoms with Gasteiger partial charge in [0.1, 0.15) is 22.3 Å². The highest BCUT2D eigenvalue weighted by molar-refractivity contribution is 7.89. The lowest BCUT2D eigenvalue weighted by Gasteiger charge is -2.20. The van der Waals surface area contributed by atoms with Gasteiger partial charge in [-0.25, -0.2) is 22.5 Å². The van der Waals surface area contributed by atoms with Gasteiger partial charge in [0.15, 0.2) is 11.1 Å². The Bertz CT molecular complexity index is 1870. The van der Waals surface area contributed by atoms with Crippen molar-refractivity contribution in [2.24, 2.45) is 0 Å². The minimum absolute atomic E-state index is 0.0256. The Morgan fingerprint density at radius 1 is 1.18 bits per heavy atom. The summed E-state index contributed by atoms with van der Waals surface area (Å²) in [5, 5.41) is 12.9. The minimum Gasteiger partial charge on any atom is -0.455 e. The molecular formula is C27H22ClFN4O5S. The molecule has 4 aromatic rings. The third-order valence-electron chi connectivity index (χ3n) is 5.93. The molecule has 0 saturated heterocycles. The zero-order chi connectivity index (χ0) is 28.6. The average molecular weight is 569 g/mol. The van der Waals surface area contributed by atoms with E-state index in [1.165, 1.54) is 18.2 Å². The minimum atomic E-state index is -3.87. The van der Waals surface area contributed by atoms with Crippen molar-refractivity contribution in [3.05, 3.63) is 91.6 Å². The van der Waals surface area contributed by atoms with Gasteiger partial charge in [0, 0.05) is 16.7 Å². The topological polar surface area (TPSA) is 142 Å². The van der Waals surface area contributed by atoms with Crippen LogP contribution in [0, 0.1) is 31.0 Å². The van der Waals surface area contributed by atoms with E-state index in [2.05, 4.69) is 10.3 Å². The SMILES string of the molecule is Cc1cc(C(C)Nc2ccc(Cl)nc2C(=O)NS(C)(=O)=O)c2oc(-c3cc(F)ccc3C#N)c(C)c(=O)c2c1.